The zero-order chi connectivity index (χ0) is 19.4. The van der Waals surface area contributed by atoms with Crippen molar-refractivity contribution >= 4 is 0 Å². The Hall–Kier alpha value is -0.950. The summed E-state index contributed by atoms with van der Waals surface area (Å²) in [4.78, 5) is 0. The number of rotatable bonds is 5. The second-order valence-corrected chi connectivity index (χ2v) is 5.56. The van der Waals surface area contributed by atoms with Crippen LogP contribution >= 0.6 is 0 Å². The Morgan fingerprint density at radius 3 is 1.84 bits per heavy atom. The quantitative estimate of drug-likeness (QED) is 0.228. The molecule has 0 spiro atoms. The third-order valence-corrected chi connectivity index (χ3v) is 4.07. The number of hydrogen-bond donors (Lipinski definition) is 8. The van der Waals surface area contributed by atoms with Crippen LogP contribution in [0.25, 0.3) is 0 Å². The number of nitrogens with zero attached hydrogens (tertiary/aromatic N) is 1. The van der Waals surface area contributed by atoms with Gasteiger partial charge in [0.05, 0.1) is 13.2 Å². The van der Waals surface area contributed by atoms with Gasteiger partial charge in [0.25, 0.3) is 0 Å². The van der Waals surface area contributed by atoms with Gasteiger partial charge >= 0.3 is 0 Å². The molecule has 0 amide bonds. The first kappa shape index (κ1) is 22.1. The molecule has 0 aliphatic carbocycles. The van der Waals surface area contributed by atoms with Crippen LogP contribution in [-0.4, -0.2) is 115 Å². The van der Waals surface area contributed by atoms with Crippen molar-refractivity contribution in [2.24, 2.45) is 0 Å². The molecule has 12 nitrogen and oxygen atoms in total. The lowest BCUT2D eigenvalue weighted by Crippen LogP contribution is -2.62. The monoisotopic (exact) mass is 369 g/mol. The second-order valence-electron chi connectivity index (χ2n) is 5.56. The fraction of sp³-hybridized carbons (Fsp3) is 0.923. The van der Waals surface area contributed by atoms with Crippen LogP contribution in [0.15, 0.2) is 0 Å². The summed E-state index contributed by atoms with van der Waals surface area (Å²) in [5.74, 6) is -2.22. The number of aliphatic hydroxyl groups is 8. The summed E-state index contributed by atoms with van der Waals surface area (Å²) < 4.78 is 15.4. The fourth-order valence-corrected chi connectivity index (χ4v) is 2.63. The summed E-state index contributed by atoms with van der Waals surface area (Å²) in [5, 5.41) is 83.2. The van der Waals surface area contributed by atoms with Crippen LogP contribution in [0.1, 0.15) is 0 Å². The molecule has 25 heavy (non-hydrogen) atoms. The molecule has 0 unspecified atom stereocenters. The van der Waals surface area contributed by atoms with Gasteiger partial charge in [0.15, 0.2) is 6.29 Å². The molecular weight excluding hydrogens is 346 g/mol. The third-order valence-electron chi connectivity index (χ3n) is 4.07. The van der Waals surface area contributed by atoms with Gasteiger partial charge in [0, 0.05) is 6.57 Å². The van der Waals surface area contributed by atoms with Crippen molar-refractivity contribution in [3.05, 3.63) is 0 Å². The Balaban J connectivity index is 0.00000151. The van der Waals surface area contributed by atoms with E-state index in [4.69, 9.17) is 29.7 Å². The summed E-state index contributed by atoms with van der Waals surface area (Å²) in [7, 11) is 0. The van der Waals surface area contributed by atoms with Crippen LogP contribution in [0.2, 0.25) is 0 Å². The van der Waals surface area contributed by atoms with Crippen molar-refractivity contribution < 1.29 is 55.1 Å². The van der Waals surface area contributed by atoms with Gasteiger partial charge in [-0.15, -0.1) is 0 Å². The minimum absolute atomic E-state index is 0.669. The first-order valence-electron chi connectivity index (χ1n) is 7.31. The van der Waals surface area contributed by atoms with Gasteiger partial charge in [0.2, 0.25) is 5.79 Å². The molecule has 2 aliphatic heterocycles. The number of ether oxygens (including phenoxy) is 3. The number of hydrogen-bond acceptors (Lipinski definition) is 12. The van der Waals surface area contributed by atoms with Gasteiger partial charge in [-0.3, -0.25) is 0 Å². The second kappa shape index (κ2) is 9.12. The minimum Gasteiger partial charge on any atom is -0.394 e. The van der Waals surface area contributed by atoms with E-state index in [0.29, 0.717) is 0 Å². The van der Waals surface area contributed by atoms with Crippen molar-refractivity contribution in [2.75, 3.05) is 19.8 Å². The highest BCUT2D eigenvalue weighted by Crippen LogP contribution is 2.35. The molecule has 0 saturated carbocycles. The molecule has 2 aliphatic rings. The van der Waals surface area contributed by atoms with Crippen LogP contribution in [-0.2, 0) is 14.2 Å². The maximum Gasteiger partial charge on any atom is 0.224 e. The zero-order valence-corrected chi connectivity index (χ0v) is 13.1. The number of aliphatic hydroxyl groups excluding tert-OH is 8. The standard InChI is InChI=1S/C12H22O11.CHN/c13-1-4-6(16)8(18)9(19)11(21-4)23-12(3-15)10(20)7(17)5(2-14)22-12;1-2/h4-11,13-20H,1-3H2;1H/t4-,5-,6-,7-,8+,9-,10+,11-,12+;/m1./s1. The SMILES string of the molecule is C#N.OC[C@H]1O[C@@](CO)(O[C@H]2O[C@H](CO)[C@@H](O)[C@H](O)[C@H]2O)[C@@H](O)[C@@H]1O. The van der Waals surface area contributed by atoms with E-state index in [-0.39, 0.29) is 0 Å². The Morgan fingerprint density at radius 2 is 1.40 bits per heavy atom. The largest absolute Gasteiger partial charge is 0.394 e. The van der Waals surface area contributed by atoms with E-state index in [2.05, 4.69) is 6.57 Å². The van der Waals surface area contributed by atoms with Crippen LogP contribution in [0.4, 0.5) is 0 Å². The first-order valence-corrected chi connectivity index (χ1v) is 7.31. The van der Waals surface area contributed by atoms with Crippen LogP contribution < -0.4 is 0 Å². The Bertz CT molecular complexity index is 435. The molecule has 146 valence electrons. The Labute approximate surface area is 142 Å². The average Bonchev–Trinajstić information content (AvgIpc) is 2.88. The van der Waals surface area contributed by atoms with Gasteiger partial charge < -0.3 is 55.1 Å². The molecule has 9 atom stereocenters. The number of nitriles is 1. The van der Waals surface area contributed by atoms with Gasteiger partial charge in [-0.25, -0.2) is 5.26 Å². The third kappa shape index (κ3) is 4.08. The maximum atomic E-state index is 10.00. The van der Waals surface area contributed by atoms with E-state index in [1.165, 1.54) is 0 Å². The van der Waals surface area contributed by atoms with Crippen molar-refractivity contribution in [1.29, 1.82) is 5.26 Å². The van der Waals surface area contributed by atoms with Crippen molar-refractivity contribution in [3.8, 4) is 6.57 Å². The van der Waals surface area contributed by atoms with E-state index in [1.54, 1.807) is 0 Å². The normalized spacial score (nSPS) is 47.1. The van der Waals surface area contributed by atoms with Gasteiger partial charge in [-0.1, -0.05) is 0 Å². The molecule has 8 N–H and O–H groups in total. The summed E-state index contributed by atoms with van der Waals surface area (Å²) in [6, 6.07) is 0. The van der Waals surface area contributed by atoms with Gasteiger partial charge in [0.1, 0.15) is 49.3 Å². The van der Waals surface area contributed by atoms with E-state index >= 15 is 0 Å². The first-order chi connectivity index (χ1) is 11.8. The fourth-order valence-electron chi connectivity index (χ4n) is 2.63. The van der Waals surface area contributed by atoms with E-state index in [1.807, 2.05) is 0 Å². The molecule has 2 saturated heterocycles. The molecule has 2 fully saturated rings. The smallest absolute Gasteiger partial charge is 0.224 e. The van der Waals surface area contributed by atoms with Crippen molar-refractivity contribution in [3.63, 3.8) is 0 Å². The highest BCUT2D eigenvalue weighted by molar-refractivity contribution is 4.98. The Morgan fingerprint density at radius 1 is 0.840 bits per heavy atom. The van der Waals surface area contributed by atoms with Gasteiger partial charge in [-0.05, 0) is 0 Å². The lowest BCUT2D eigenvalue weighted by Gasteiger charge is -2.43. The zero-order valence-electron chi connectivity index (χ0n) is 13.1. The molecule has 2 rings (SSSR count). The molecule has 0 radical (unpaired) electrons. The summed E-state index contributed by atoms with van der Waals surface area (Å²) in [5.41, 5.74) is 0. The van der Waals surface area contributed by atoms with E-state index in [9.17, 15) is 30.6 Å². The predicted molar refractivity (Wildman–Crippen MR) is 75.3 cm³/mol. The molecular formula is C13H23NO11. The van der Waals surface area contributed by atoms with E-state index in [0.717, 1.165) is 0 Å². The topological polar surface area (TPSA) is 213 Å². The maximum absolute atomic E-state index is 10.00. The molecule has 0 aromatic heterocycles. The lowest BCUT2D eigenvalue weighted by atomic mass is 9.99. The predicted octanol–water partition coefficient (Wildman–Crippen LogP) is -5.26. The summed E-state index contributed by atoms with van der Waals surface area (Å²) >= 11 is 0. The molecule has 2 heterocycles. The van der Waals surface area contributed by atoms with Crippen LogP contribution in [0, 0.1) is 11.8 Å². The highest BCUT2D eigenvalue weighted by atomic mass is 16.8. The molecule has 12 heteroatoms. The van der Waals surface area contributed by atoms with Crippen molar-refractivity contribution in [1.82, 2.24) is 0 Å². The summed E-state index contributed by atoms with van der Waals surface area (Å²) in [6.07, 6.45) is -12.7. The minimum atomic E-state index is -2.22. The van der Waals surface area contributed by atoms with E-state index < -0.39 is 74.6 Å². The molecule has 0 bridgehead atoms. The van der Waals surface area contributed by atoms with Gasteiger partial charge in [-0.2, -0.15) is 0 Å². The van der Waals surface area contributed by atoms with Crippen LogP contribution in [0.3, 0.4) is 0 Å². The lowest BCUT2D eigenvalue weighted by molar-refractivity contribution is -0.383. The molecule has 0 aromatic carbocycles. The molecule has 0 aromatic rings. The Kier molecular flexibility index (Phi) is 8.06. The highest BCUT2D eigenvalue weighted by Gasteiger charge is 2.58. The van der Waals surface area contributed by atoms with Crippen molar-refractivity contribution in [2.45, 2.75) is 54.8 Å². The van der Waals surface area contributed by atoms with Crippen LogP contribution in [0.5, 0.6) is 0 Å². The summed E-state index contributed by atoms with van der Waals surface area (Å²) in [6.45, 7) is 1.18. The average molecular weight is 369 g/mol.